The van der Waals surface area contributed by atoms with Crippen LogP contribution in [0.15, 0.2) is 66.0 Å². The Balaban J connectivity index is 1.78. The highest BCUT2D eigenvalue weighted by atomic mass is 32.2. The van der Waals surface area contributed by atoms with Crippen molar-refractivity contribution in [2.45, 2.75) is 32.2 Å². The predicted octanol–water partition coefficient (Wildman–Crippen LogP) is 4.85. The van der Waals surface area contributed by atoms with Crippen molar-refractivity contribution in [3.8, 4) is 5.75 Å². The molecule has 30 heavy (non-hydrogen) atoms. The lowest BCUT2D eigenvalue weighted by atomic mass is 10.1. The van der Waals surface area contributed by atoms with Gasteiger partial charge in [-0.3, -0.25) is 4.79 Å². The molecule has 5 nitrogen and oxygen atoms in total. The van der Waals surface area contributed by atoms with E-state index in [4.69, 9.17) is 4.18 Å². The van der Waals surface area contributed by atoms with Crippen LogP contribution in [-0.2, 0) is 23.2 Å². The van der Waals surface area contributed by atoms with Crippen molar-refractivity contribution in [2.24, 2.45) is 0 Å². The molecule has 0 fully saturated rings. The van der Waals surface area contributed by atoms with Crippen molar-refractivity contribution in [1.29, 1.82) is 0 Å². The first-order valence-electron chi connectivity index (χ1n) is 9.34. The Morgan fingerprint density at radius 2 is 1.57 bits per heavy atom. The maximum atomic E-state index is 13.2. The molecule has 0 bridgehead atoms. The van der Waals surface area contributed by atoms with Crippen LogP contribution in [0.1, 0.15) is 34.6 Å². The number of hydrogen-bond donors (Lipinski definition) is 0. The fraction of sp³-hybridized carbons (Fsp3) is 0.227. The second-order valence-corrected chi connectivity index (χ2v) is 10.1. The maximum Gasteiger partial charge on any atom is 0.311 e. The third-order valence-electron chi connectivity index (χ3n) is 4.39. The van der Waals surface area contributed by atoms with E-state index in [1.54, 1.807) is 61.2 Å². The minimum atomic E-state index is -3.67. The zero-order valence-corrected chi connectivity index (χ0v) is 18.3. The monoisotopic (exact) mass is 447 g/mol. The molecule has 0 radical (unpaired) electrons. The van der Waals surface area contributed by atoms with Crippen LogP contribution in [0.4, 0.5) is 4.39 Å². The third kappa shape index (κ3) is 5.67. The van der Waals surface area contributed by atoms with E-state index in [0.717, 1.165) is 11.1 Å². The first-order chi connectivity index (χ1) is 14.2. The number of halogens is 1. The third-order valence-corrected chi connectivity index (χ3v) is 6.83. The molecule has 0 aliphatic heterocycles. The van der Waals surface area contributed by atoms with Gasteiger partial charge in [-0.15, -0.1) is 11.3 Å². The molecular weight excluding hydrogens is 425 g/mol. The predicted molar refractivity (Wildman–Crippen MR) is 115 cm³/mol. The van der Waals surface area contributed by atoms with Gasteiger partial charge in [-0.25, -0.2) is 4.39 Å². The summed E-state index contributed by atoms with van der Waals surface area (Å²) in [4.78, 5) is 15.2. The van der Waals surface area contributed by atoms with Gasteiger partial charge in [-0.1, -0.05) is 30.3 Å². The van der Waals surface area contributed by atoms with E-state index in [2.05, 4.69) is 0 Å². The maximum absolute atomic E-state index is 13.2. The van der Waals surface area contributed by atoms with Crippen LogP contribution >= 0.6 is 11.3 Å². The van der Waals surface area contributed by atoms with Crippen LogP contribution in [-0.4, -0.2) is 24.5 Å². The van der Waals surface area contributed by atoms with Gasteiger partial charge in [0, 0.05) is 13.1 Å². The highest BCUT2D eigenvalue weighted by Crippen LogP contribution is 2.21. The highest BCUT2D eigenvalue weighted by molar-refractivity contribution is 7.87. The summed E-state index contributed by atoms with van der Waals surface area (Å²) in [5, 5.41) is 1.19. The van der Waals surface area contributed by atoms with Crippen molar-refractivity contribution in [2.75, 3.05) is 0 Å². The Hall–Kier alpha value is -2.71. The number of hydrogen-bond acceptors (Lipinski definition) is 5. The largest absolute Gasteiger partial charge is 0.382 e. The van der Waals surface area contributed by atoms with Gasteiger partial charge in [0.25, 0.3) is 5.91 Å². The van der Waals surface area contributed by atoms with Crippen LogP contribution in [0.25, 0.3) is 0 Å². The van der Waals surface area contributed by atoms with Crippen LogP contribution < -0.4 is 4.18 Å². The lowest BCUT2D eigenvalue weighted by Gasteiger charge is -2.23. The molecular formula is C22H22FNO4S2. The minimum absolute atomic E-state index is 0.128. The van der Waals surface area contributed by atoms with Crippen molar-refractivity contribution in [3.05, 3.63) is 87.9 Å². The molecule has 0 unspecified atom stereocenters. The molecule has 8 heteroatoms. The lowest BCUT2D eigenvalue weighted by molar-refractivity contribution is 0.0735. The molecule has 1 aromatic heterocycles. The number of carbonyl (C=O) groups excluding carboxylic acids is 1. The van der Waals surface area contributed by atoms with Crippen molar-refractivity contribution >= 4 is 27.4 Å². The van der Waals surface area contributed by atoms with E-state index in [-0.39, 0.29) is 17.5 Å². The molecule has 1 amide bonds. The second kappa shape index (κ2) is 9.40. The van der Waals surface area contributed by atoms with Crippen molar-refractivity contribution in [3.63, 3.8) is 0 Å². The summed E-state index contributed by atoms with van der Waals surface area (Å²) >= 11 is 1.36. The molecule has 0 aliphatic carbocycles. The summed E-state index contributed by atoms with van der Waals surface area (Å²) in [6.07, 6.45) is 0. The lowest BCUT2D eigenvalue weighted by Crippen LogP contribution is -2.29. The molecule has 0 saturated carbocycles. The molecule has 158 valence electrons. The average molecular weight is 448 g/mol. The molecule has 1 heterocycles. The average Bonchev–Trinajstić information content (AvgIpc) is 3.24. The van der Waals surface area contributed by atoms with Gasteiger partial charge in [0.05, 0.1) is 10.1 Å². The van der Waals surface area contributed by atoms with Crippen LogP contribution in [0.5, 0.6) is 5.75 Å². The number of benzene rings is 2. The van der Waals surface area contributed by atoms with Gasteiger partial charge in [0.1, 0.15) is 11.6 Å². The smallest absolute Gasteiger partial charge is 0.311 e. The van der Waals surface area contributed by atoms with Gasteiger partial charge in [-0.05, 0) is 60.7 Å². The zero-order chi connectivity index (χ0) is 21.7. The highest BCUT2D eigenvalue weighted by Gasteiger charge is 2.20. The molecule has 0 saturated heterocycles. The summed E-state index contributed by atoms with van der Waals surface area (Å²) in [7, 11) is -3.67. The minimum Gasteiger partial charge on any atom is -0.382 e. The molecule has 2 aromatic carbocycles. The molecule has 3 aromatic rings. The summed E-state index contributed by atoms with van der Waals surface area (Å²) in [6.45, 7) is 3.72. The number of thiophene rings is 1. The topological polar surface area (TPSA) is 63.7 Å². The number of nitrogens with zero attached hydrogens (tertiary/aromatic N) is 1. The number of amides is 1. The molecule has 0 N–H and O–H groups in total. The second-order valence-electron chi connectivity index (χ2n) is 7.03. The Kier molecular flexibility index (Phi) is 6.89. The Morgan fingerprint density at radius 3 is 2.07 bits per heavy atom. The van der Waals surface area contributed by atoms with Crippen LogP contribution in [0.2, 0.25) is 0 Å². The summed E-state index contributed by atoms with van der Waals surface area (Å²) in [6, 6.07) is 16.2. The Labute approximate surface area is 179 Å². The number of rotatable bonds is 8. The van der Waals surface area contributed by atoms with Gasteiger partial charge >= 0.3 is 10.1 Å². The summed E-state index contributed by atoms with van der Waals surface area (Å²) < 4.78 is 42.1. The standard InChI is InChI=1S/C22H22FNO4S2/c1-16(2)30(26,27)28-20-11-7-18(8-12-20)15-24(22(25)21-4-3-13-29-21)14-17-5-9-19(23)10-6-17/h3-13,16H,14-15H2,1-2H3. The van der Waals surface area contributed by atoms with Gasteiger partial charge < -0.3 is 9.08 Å². The van der Waals surface area contributed by atoms with Gasteiger partial charge in [-0.2, -0.15) is 8.42 Å². The normalized spacial score (nSPS) is 11.5. The van der Waals surface area contributed by atoms with Crippen molar-refractivity contribution < 1.29 is 21.8 Å². The fourth-order valence-electron chi connectivity index (χ4n) is 2.67. The van der Waals surface area contributed by atoms with E-state index in [1.807, 2.05) is 11.4 Å². The van der Waals surface area contributed by atoms with Crippen molar-refractivity contribution in [1.82, 2.24) is 4.90 Å². The molecule has 0 spiro atoms. The van der Waals surface area contributed by atoms with Gasteiger partial charge in [0.2, 0.25) is 0 Å². The fourth-order valence-corrected chi connectivity index (χ4v) is 3.93. The summed E-state index contributed by atoms with van der Waals surface area (Å²) in [5.74, 6) is -0.235. The molecule has 3 rings (SSSR count). The molecule has 0 atom stereocenters. The van der Waals surface area contributed by atoms with Gasteiger partial charge in [0.15, 0.2) is 0 Å². The Morgan fingerprint density at radius 1 is 1.00 bits per heavy atom. The van der Waals surface area contributed by atoms with Crippen LogP contribution in [0.3, 0.4) is 0 Å². The van der Waals surface area contributed by atoms with E-state index < -0.39 is 15.4 Å². The van der Waals surface area contributed by atoms with E-state index >= 15 is 0 Å². The van der Waals surface area contributed by atoms with E-state index in [9.17, 15) is 17.6 Å². The first-order valence-corrected chi connectivity index (χ1v) is 11.7. The summed E-state index contributed by atoms with van der Waals surface area (Å²) in [5.41, 5.74) is 1.63. The Bertz CT molecular complexity index is 1080. The number of carbonyl (C=O) groups is 1. The van der Waals surface area contributed by atoms with E-state index in [1.165, 1.54) is 23.5 Å². The first kappa shape index (κ1) is 22.0. The quantitative estimate of drug-likeness (QED) is 0.463. The zero-order valence-electron chi connectivity index (χ0n) is 16.6. The molecule has 0 aliphatic rings. The SMILES string of the molecule is CC(C)S(=O)(=O)Oc1ccc(CN(Cc2ccc(F)cc2)C(=O)c2cccs2)cc1. The van der Waals surface area contributed by atoms with E-state index in [0.29, 0.717) is 18.0 Å². The van der Waals surface area contributed by atoms with Crippen LogP contribution in [0, 0.1) is 5.82 Å².